The van der Waals surface area contributed by atoms with Gasteiger partial charge in [-0.3, -0.25) is 19.7 Å². The lowest BCUT2D eigenvalue weighted by atomic mass is 9.95. The lowest BCUT2D eigenvalue weighted by molar-refractivity contribution is -0.384. The van der Waals surface area contributed by atoms with Gasteiger partial charge in [0, 0.05) is 38.0 Å². The first kappa shape index (κ1) is 26.6. The van der Waals surface area contributed by atoms with E-state index in [0.717, 1.165) is 11.1 Å². The summed E-state index contributed by atoms with van der Waals surface area (Å²) in [6.07, 6.45) is 0.446. The first-order valence-corrected chi connectivity index (χ1v) is 12.1. The monoisotopic (exact) mass is 516 g/mol. The van der Waals surface area contributed by atoms with E-state index in [1.165, 1.54) is 30.2 Å². The number of amides is 1. The summed E-state index contributed by atoms with van der Waals surface area (Å²) in [5, 5.41) is 22.6. The van der Waals surface area contributed by atoms with E-state index in [2.05, 4.69) is 0 Å². The van der Waals surface area contributed by atoms with E-state index in [1.54, 1.807) is 30.3 Å². The molecule has 0 bridgehead atoms. The summed E-state index contributed by atoms with van der Waals surface area (Å²) >= 11 is 0. The molecule has 0 spiro atoms. The maximum absolute atomic E-state index is 13.1. The minimum atomic E-state index is -0.982. The number of methoxy groups -OCH3 is 1. The van der Waals surface area contributed by atoms with Crippen molar-refractivity contribution in [3.05, 3.63) is 111 Å². The molecule has 0 saturated carbocycles. The fraction of sp³-hybridized carbons (Fsp3) is 0.241. The first-order valence-electron chi connectivity index (χ1n) is 12.1. The molecule has 196 valence electrons. The first-order chi connectivity index (χ1) is 18.3. The lowest BCUT2D eigenvalue weighted by Crippen LogP contribution is -2.31. The number of ether oxygens (including phenoxy) is 2. The van der Waals surface area contributed by atoms with Crippen LogP contribution in [0.4, 0.5) is 5.69 Å². The summed E-state index contributed by atoms with van der Waals surface area (Å²) in [7, 11) is 1.53. The molecule has 1 aliphatic heterocycles. The Kier molecular flexibility index (Phi) is 8.18. The van der Waals surface area contributed by atoms with Crippen molar-refractivity contribution in [2.45, 2.75) is 26.0 Å². The molecule has 3 aromatic rings. The normalized spacial score (nSPS) is 16.6. The molecule has 3 aromatic carbocycles. The van der Waals surface area contributed by atoms with E-state index in [0.29, 0.717) is 36.5 Å². The standard InChI is InChI=1S/C29H28N2O7/c1-19-6-3-7-20(16-19)18-38-24-12-10-21(11-13-24)27(32)25-26(22-8-4-9-23(17-22)31(35)36)30(14-5-15-37-2)29(34)28(25)33/h3-4,6-13,16-17,26,32H,5,14-15,18H2,1-2H3/b27-25+/t26-/m1/s1. The number of nitrogens with zero attached hydrogens (tertiary/aromatic N) is 2. The van der Waals surface area contributed by atoms with Crippen molar-refractivity contribution >= 4 is 23.1 Å². The molecule has 1 heterocycles. The largest absolute Gasteiger partial charge is 0.507 e. The number of nitro benzene ring substituents is 1. The third-order valence-corrected chi connectivity index (χ3v) is 6.30. The van der Waals surface area contributed by atoms with Gasteiger partial charge in [-0.05, 0) is 48.7 Å². The van der Waals surface area contributed by atoms with Gasteiger partial charge < -0.3 is 19.5 Å². The summed E-state index contributed by atoms with van der Waals surface area (Å²) in [5.41, 5.74) is 2.51. The Balaban J connectivity index is 1.67. The van der Waals surface area contributed by atoms with Gasteiger partial charge in [0.2, 0.25) is 0 Å². The summed E-state index contributed by atoms with van der Waals surface area (Å²) in [4.78, 5) is 38.3. The zero-order chi connectivity index (χ0) is 27.2. The number of ketones is 1. The number of nitro groups is 1. The average molecular weight is 517 g/mol. The third kappa shape index (κ3) is 5.73. The molecule has 0 radical (unpaired) electrons. The van der Waals surface area contributed by atoms with Crippen LogP contribution in [0.2, 0.25) is 0 Å². The highest BCUT2D eigenvalue weighted by molar-refractivity contribution is 6.46. The molecule has 38 heavy (non-hydrogen) atoms. The molecule has 1 fully saturated rings. The Bertz CT molecular complexity index is 1380. The van der Waals surface area contributed by atoms with E-state index in [9.17, 15) is 24.8 Å². The highest BCUT2D eigenvalue weighted by Crippen LogP contribution is 2.40. The number of aliphatic hydroxyl groups is 1. The maximum atomic E-state index is 13.1. The molecular weight excluding hydrogens is 488 g/mol. The van der Waals surface area contributed by atoms with Gasteiger partial charge in [-0.1, -0.05) is 42.0 Å². The predicted octanol–water partition coefficient (Wildman–Crippen LogP) is 4.94. The number of carbonyl (C=O) groups excluding carboxylic acids is 2. The second-order valence-corrected chi connectivity index (χ2v) is 8.99. The predicted molar refractivity (Wildman–Crippen MR) is 141 cm³/mol. The Morgan fingerprint density at radius 2 is 1.79 bits per heavy atom. The SMILES string of the molecule is COCCCN1C(=O)C(=O)/C(=C(/O)c2ccc(OCc3cccc(C)c3)cc2)[C@H]1c1cccc([N+](=O)[O-])c1. The summed E-state index contributed by atoms with van der Waals surface area (Å²) < 4.78 is 10.9. The fourth-order valence-corrected chi connectivity index (χ4v) is 4.48. The zero-order valence-electron chi connectivity index (χ0n) is 21.1. The van der Waals surface area contributed by atoms with Crippen LogP contribution in [0.15, 0.2) is 78.4 Å². The highest BCUT2D eigenvalue weighted by atomic mass is 16.6. The van der Waals surface area contributed by atoms with Gasteiger partial charge in [0.15, 0.2) is 0 Å². The number of likely N-dealkylation sites (tertiary alicyclic amines) is 1. The van der Waals surface area contributed by atoms with Gasteiger partial charge in [0.05, 0.1) is 16.5 Å². The second-order valence-electron chi connectivity index (χ2n) is 8.99. The van der Waals surface area contributed by atoms with Gasteiger partial charge in [-0.15, -0.1) is 0 Å². The summed E-state index contributed by atoms with van der Waals surface area (Å²) in [6, 6.07) is 19.2. The highest BCUT2D eigenvalue weighted by Gasteiger charge is 2.46. The van der Waals surface area contributed by atoms with E-state index in [4.69, 9.17) is 9.47 Å². The van der Waals surface area contributed by atoms with Crippen molar-refractivity contribution in [1.82, 2.24) is 4.90 Å². The fourth-order valence-electron chi connectivity index (χ4n) is 4.48. The molecule has 0 aromatic heterocycles. The Morgan fingerprint density at radius 3 is 2.47 bits per heavy atom. The maximum Gasteiger partial charge on any atom is 0.295 e. The van der Waals surface area contributed by atoms with Crippen molar-refractivity contribution in [1.29, 1.82) is 0 Å². The van der Waals surface area contributed by atoms with E-state index in [-0.39, 0.29) is 23.6 Å². The van der Waals surface area contributed by atoms with Crippen LogP contribution in [0.1, 0.15) is 34.7 Å². The molecular formula is C29H28N2O7. The number of rotatable bonds is 10. The van der Waals surface area contributed by atoms with E-state index in [1.807, 2.05) is 31.2 Å². The van der Waals surface area contributed by atoms with Crippen molar-refractivity contribution in [2.75, 3.05) is 20.3 Å². The average Bonchev–Trinajstić information content (AvgIpc) is 3.17. The van der Waals surface area contributed by atoms with Crippen molar-refractivity contribution in [3.8, 4) is 5.75 Å². The molecule has 0 aliphatic carbocycles. The van der Waals surface area contributed by atoms with Crippen LogP contribution in [0.3, 0.4) is 0 Å². The number of non-ortho nitro benzene ring substituents is 1. The quantitative estimate of drug-likeness (QED) is 0.101. The second kappa shape index (κ2) is 11.7. The molecule has 9 nitrogen and oxygen atoms in total. The molecule has 1 atom stereocenters. The van der Waals surface area contributed by atoms with Crippen LogP contribution in [-0.4, -0.2) is 46.9 Å². The number of hydrogen-bond donors (Lipinski definition) is 1. The van der Waals surface area contributed by atoms with E-state index >= 15 is 0 Å². The Morgan fingerprint density at radius 1 is 1.05 bits per heavy atom. The number of carbonyl (C=O) groups is 2. The lowest BCUT2D eigenvalue weighted by Gasteiger charge is -2.25. The molecule has 4 rings (SSSR count). The Labute approximate surface area is 220 Å². The van der Waals surface area contributed by atoms with Gasteiger partial charge in [-0.2, -0.15) is 0 Å². The van der Waals surface area contributed by atoms with Crippen LogP contribution in [0.5, 0.6) is 5.75 Å². The number of benzene rings is 3. The van der Waals surface area contributed by atoms with Crippen LogP contribution in [-0.2, 0) is 20.9 Å². The van der Waals surface area contributed by atoms with Crippen LogP contribution >= 0.6 is 0 Å². The van der Waals surface area contributed by atoms with Gasteiger partial charge in [0.1, 0.15) is 18.1 Å². The molecule has 9 heteroatoms. The number of aryl methyl sites for hydroxylation is 1. The van der Waals surface area contributed by atoms with Gasteiger partial charge >= 0.3 is 0 Å². The number of aliphatic hydroxyl groups excluding tert-OH is 1. The number of hydrogen-bond acceptors (Lipinski definition) is 7. The molecule has 1 aliphatic rings. The van der Waals surface area contributed by atoms with E-state index < -0.39 is 22.7 Å². The minimum Gasteiger partial charge on any atom is -0.507 e. The minimum absolute atomic E-state index is 0.124. The topological polar surface area (TPSA) is 119 Å². The van der Waals surface area contributed by atoms with Crippen LogP contribution in [0.25, 0.3) is 5.76 Å². The van der Waals surface area contributed by atoms with Crippen LogP contribution in [0, 0.1) is 17.0 Å². The van der Waals surface area contributed by atoms with Crippen molar-refractivity contribution in [3.63, 3.8) is 0 Å². The zero-order valence-corrected chi connectivity index (χ0v) is 21.1. The molecule has 1 N–H and O–H groups in total. The van der Waals surface area contributed by atoms with Crippen molar-refractivity contribution < 1.29 is 29.1 Å². The third-order valence-electron chi connectivity index (χ3n) is 6.30. The van der Waals surface area contributed by atoms with Crippen LogP contribution < -0.4 is 4.74 Å². The smallest absolute Gasteiger partial charge is 0.295 e. The number of Topliss-reactive ketones (excluding diaryl/α,β-unsaturated/α-hetero) is 1. The molecule has 1 amide bonds. The summed E-state index contributed by atoms with van der Waals surface area (Å²) in [5.74, 6) is -1.42. The molecule has 1 saturated heterocycles. The summed E-state index contributed by atoms with van der Waals surface area (Å²) in [6.45, 7) is 2.90. The molecule has 0 unspecified atom stereocenters. The van der Waals surface area contributed by atoms with Crippen molar-refractivity contribution in [2.24, 2.45) is 0 Å². The Hall–Kier alpha value is -4.50. The van der Waals surface area contributed by atoms with Gasteiger partial charge in [-0.25, -0.2) is 0 Å². The van der Waals surface area contributed by atoms with Gasteiger partial charge in [0.25, 0.3) is 17.4 Å².